The molecule has 0 bridgehead atoms. The molecule has 74 valence electrons. The number of nitrogens with zero attached hydrogens (tertiary/aromatic N) is 1. The van der Waals surface area contributed by atoms with E-state index in [2.05, 4.69) is 41.5 Å². The molecule has 0 atom stereocenters. The molecule has 13 heavy (non-hydrogen) atoms. The second kappa shape index (κ2) is 2.86. The Labute approximate surface area is 80.5 Å². The largest absolute Gasteiger partial charge is 0.240 e. The van der Waals surface area contributed by atoms with Crippen LogP contribution in [-0.2, 0) is 11.0 Å². The van der Waals surface area contributed by atoms with Crippen LogP contribution in [0.25, 0.3) is 0 Å². The maximum atomic E-state index is 5.73. The van der Waals surface area contributed by atoms with Gasteiger partial charge in [-0.1, -0.05) is 20.8 Å². The second-order valence-corrected chi connectivity index (χ2v) is 5.52. The number of aromatic nitrogens is 1. The van der Waals surface area contributed by atoms with E-state index in [1.54, 1.807) is 0 Å². The van der Waals surface area contributed by atoms with Crippen molar-refractivity contribution in [3.8, 4) is 0 Å². The fourth-order valence-corrected chi connectivity index (χ4v) is 1.05. The standard InChI is InChI=1S/C11H20NO/c1-10(2,3)9-7-8-12(13-9)11(4,5)6/h7-8H,1-6H3/q+1. The monoisotopic (exact) mass is 182 g/mol. The maximum absolute atomic E-state index is 5.73. The summed E-state index contributed by atoms with van der Waals surface area (Å²) in [7, 11) is 0. The molecule has 0 spiro atoms. The van der Waals surface area contributed by atoms with Gasteiger partial charge in [0.15, 0.2) is 5.76 Å². The summed E-state index contributed by atoms with van der Waals surface area (Å²) in [6.45, 7) is 12.8. The maximum Gasteiger partial charge on any atom is 0.220 e. The summed E-state index contributed by atoms with van der Waals surface area (Å²) in [4.78, 5) is 0. The summed E-state index contributed by atoms with van der Waals surface area (Å²) in [5, 5.41) is 0. The van der Waals surface area contributed by atoms with Crippen molar-refractivity contribution >= 4 is 0 Å². The molecule has 0 aliphatic carbocycles. The molecule has 0 amide bonds. The van der Waals surface area contributed by atoms with Crippen LogP contribution in [0.4, 0.5) is 0 Å². The average molecular weight is 182 g/mol. The van der Waals surface area contributed by atoms with Crippen molar-refractivity contribution in [3.63, 3.8) is 0 Å². The third kappa shape index (κ3) is 2.33. The van der Waals surface area contributed by atoms with Gasteiger partial charge in [0.2, 0.25) is 11.7 Å². The molecule has 0 fully saturated rings. The minimum atomic E-state index is 0.0312. The van der Waals surface area contributed by atoms with Crippen molar-refractivity contribution in [2.45, 2.75) is 52.5 Å². The first-order valence-corrected chi connectivity index (χ1v) is 4.74. The van der Waals surface area contributed by atoms with Crippen molar-refractivity contribution in [2.24, 2.45) is 0 Å². The molecule has 1 aromatic heterocycles. The highest BCUT2D eigenvalue weighted by molar-refractivity contribution is 5.04. The van der Waals surface area contributed by atoms with Gasteiger partial charge in [-0.05, 0) is 4.74 Å². The molecule has 0 saturated carbocycles. The minimum Gasteiger partial charge on any atom is -0.240 e. The van der Waals surface area contributed by atoms with Crippen LogP contribution >= 0.6 is 0 Å². The van der Waals surface area contributed by atoms with E-state index in [-0.39, 0.29) is 11.0 Å². The van der Waals surface area contributed by atoms with Crippen molar-refractivity contribution in [3.05, 3.63) is 18.0 Å². The Morgan fingerprint density at radius 3 is 1.85 bits per heavy atom. The Morgan fingerprint density at radius 1 is 1.08 bits per heavy atom. The molecule has 2 heteroatoms. The highest BCUT2D eigenvalue weighted by Gasteiger charge is 2.29. The first kappa shape index (κ1) is 10.3. The van der Waals surface area contributed by atoms with Crippen LogP contribution in [0.1, 0.15) is 47.3 Å². The van der Waals surface area contributed by atoms with Crippen LogP contribution in [0, 0.1) is 0 Å². The summed E-state index contributed by atoms with van der Waals surface area (Å²) >= 11 is 0. The Balaban J connectivity index is 3.01. The molecule has 0 aromatic carbocycles. The normalized spacial score (nSPS) is 13.4. The summed E-state index contributed by atoms with van der Waals surface area (Å²) < 4.78 is 7.63. The lowest BCUT2D eigenvalue weighted by Crippen LogP contribution is -2.48. The van der Waals surface area contributed by atoms with Crippen molar-refractivity contribution in [1.29, 1.82) is 0 Å². The molecule has 1 heterocycles. The SMILES string of the molecule is CC(C)(C)c1cc[n+](C(C)(C)C)o1. The minimum absolute atomic E-state index is 0.0312. The van der Waals surface area contributed by atoms with Gasteiger partial charge in [0, 0.05) is 26.2 Å². The average Bonchev–Trinajstić information content (AvgIpc) is 2.28. The number of hydrogen-bond acceptors (Lipinski definition) is 1. The summed E-state index contributed by atoms with van der Waals surface area (Å²) in [6, 6.07) is 2.05. The van der Waals surface area contributed by atoms with Gasteiger partial charge in [-0.25, -0.2) is 4.52 Å². The van der Waals surface area contributed by atoms with Crippen LogP contribution in [-0.4, -0.2) is 0 Å². The second-order valence-electron chi connectivity index (χ2n) is 5.52. The number of rotatable bonds is 0. The fourth-order valence-electron chi connectivity index (χ4n) is 1.05. The van der Waals surface area contributed by atoms with E-state index in [4.69, 9.17) is 4.52 Å². The van der Waals surface area contributed by atoms with E-state index >= 15 is 0 Å². The highest BCUT2D eigenvalue weighted by atomic mass is 16.5. The predicted molar refractivity (Wildman–Crippen MR) is 52.6 cm³/mol. The summed E-state index contributed by atoms with van der Waals surface area (Å²) in [6.07, 6.45) is 2.00. The van der Waals surface area contributed by atoms with Gasteiger partial charge in [0.1, 0.15) is 0 Å². The Bertz CT molecular complexity index is 257. The van der Waals surface area contributed by atoms with E-state index in [1.807, 2.05) is 17.0 Å². The quantitative estimate of drug-likeness (QED) is 0.564. The highest BCUT2D eigenvalue weighted by Crippen LogP contribution is 2.21. The van der Waals surface area contributed by atoms with Crippen molar-refractivity contribution in [2.75, 3.05) is 0 Å². The number of hydrogen-bond donors (Lipinski definition) is 0. The molecule has 0 aliphatic rings. The van der Waals surface area contributed by atoms with Crippen LogP contribution in [0.3, 0.4) is 0 Å². The van der Waals surface area contributed by atoms with Gasteiger partial charge < -0.3 is 0 Å². The van der Waals surface area contributed by atoms with Crippen LogP contribution in [0.2, 0.25) is 0 Å². The molecule has 0 radical (unpaired) electrons. The molecule has 0 N–H and O–H groups in total. The zero-order valence-electron chi connectivity index (χ0n) is 9.51. The molecule has 0 saturated heterocycles. The van der Waals surface area contributed by atoms with E-state index in [9.17, 15) is 0 Å². The van der Waals surface area contributed by atoms with Crippen molar-refractivity contribution in [1.82, 2.24) is 0 Å². The van der Waals surface area contributed by atoms with E-state index in [0.29, 0.717) is 0 Å². The van der Waals surface area contributed by atoms with E-state index in [0.717, 1.165) is 5.76 Å². The van der Waals surface area contributed by atoms with Crippen LogP contribution in [0.15, 0.2) is 16.8 Å². The summed E-state index contributed by atoms with van der Waals surface area (Å²) in [5.74, 6) is 1.03. The van der Waals surface area contributed by atoms with Gasteiger partial charge in [0.05, 0.1) is 6.07 Å². The molecule has 1 aromatic rings. The van der Waals surface area contributed by atoms with E-state index in [1.165, 1.54) is 0 Å². The van der Waals surface area contributed by atoms with Crippen LogP contribution in [0.5, 0.6) is 0 Å². The lowest BCUT2D eigenvalue weighted by Gasteiger charge is -2.12. The summed E-state index contributed by atoms with van der Waals surface area (Å²) in [5.41, 5.74) is 0.125. The third-order valence-electron chi connectivity index (χ3n) is 1.96. The molecular formula is C11H20NO+. The lowest BCUT2D eigenvalue weighted by molar-refractivity contribution is -0.907. The zero-order valence-corrected chi connectivity index (χ0v) is 9.51. The van der Waals surface area contributed by atoms with Gasteiger partial charge >= 0.3 is 0 Å². The van der Waals surface area contributed by atoms with Gasteiger partial charge in [-0.2, -0.15) is 0 Å². The lowest BCUT2D eigenvalue weighted by atomic mass is 9.94. The topological polar surface area (TPSA) is 17.0 Å². The van der Waals surface area contributed by atoms with Gasteiger partial charge in [-0.3, -0.25) is 0 Å². The molecule has 1 rings (SSSR count). The molecule has 0 unspecified atom stereocenters. The Kier molecular flexibility index (Phi) is 2.27. The fraction of sp³-hybridized carbons (Fsp3) is 0.727. The zero-order chi connectivity index (χ0) is 10.3. The first-order valence-electron chi connectivity index (χ1n) is 4.74. The van der Waals surface area contributed by atoms with Gasteiger partial charge in [0.25, 0.3) is 0 Å². The third-order valence-corrected chi connectivity index (χ3v) is 1.96. The van der Waals surface area contributed by atoms with E-state index < -0.39 is 0 Å². The molecule has 2 nitrogen and oxygen atoms in total. The molecular weight excluding hydrogens is 162 g/mol. The Hall–Kier alpha value is -0.790. The van der Waals surface area contributed by atoms with Crippen LogP contribution < -0.4 is 4.74 Å². The Morgan fingerprint density at radius 2 is 1.62 bits per heavy atom. The van der Waals surface area contributed by atoms with Gasteiger partial charge in [-0.15, -0.1) is 0 Å². The van der Waals surface area contributed by atoms with Crippen molar-refractivity contribution < 1.29 is 9.26 Å². The first-order chi connectivity index (χ1) is 5.71. The smallest absolute Gasteiger partial charge is 0.220 e. The predicted octanol–water partition coefficient (Wildman–Crippen LogP) is 2.62. The molecule has 0 aliphatic heterocycles.